The Labute approximate surface area is 145 Å². The number of hydrogen-bond acceptors (Lipinski definition) is 1. The molecule has 0 bridgehead atoms. The molecule has 5 heteroatoms. The number of nitrogens with zero attached hydrogens (tertiary/aromatic N) is 1. The summed E-state index contributed by atoms with van der Waals surface area (Å²) in [4.78, 5) is 1.66. The fourth-order valence-corrected chi connectivity index (χ4v) is 2.82. The number of fused-ring (bicyclic) bond motifs is 1. The first-order valence-corrected chi connectivity index (χ1v) is 7.84. The zero-order valence-electron chi connectivity index (χ0n) is 12.5. The molecule has 2 N–H and O–H groups in total. The van der Waals surface area contributed by atoms with Crippen molar-refractivity contribution < 1.29 is 0 Å². The van der Waals surface area contributed by atoms with Crippen LogP contribution < -0.4 is 10.2 Å². The summed E-state index contributed by atoms with van der Waals surface area (Å²) in [6.07, 6.45) is 0. The van der Waals surface area contributed by atoms with E-state index in [9.17, 15) is 0 Å². The predicted molar refractivity (Wildman–Crippen MR) is 100 cm³/mol. The molecule has 3 aromatic rings. The maximum atomic E-state index is 8.33. The van der Waals surface area contributed by atoms with Gasteiger partial charge in [0.05, 0.1) is 10.7 Å². The zero-order chi connectivity index (χ0) is 16.4. The number of hydrogen-bond donors (Lipinski definition) is 2. The van der Waals surface area contributed by atoms with Gasteiger partial charge in [0, 0.05) is 23.1 Å². The van der Waals surface area contributed by atoms with Crippen LogP contribution in [-0.2, 0) is 0 Å². The van der Waals surface area contributed by atoms with Gasteiger partial charge >= 0.3 is 0 Å². The van der Waals surface area contributed by atoms with Crippen LogP contribution in [0.25, 0.3) is 10.8 Å². The van der Waals surface area contributed by atoms with Gasteiger partial charge in [-0.3, -0.25) is 5.41 Å². The van der Waals surface area contributed by atoms with Crippen molar-refractivity contribution in [2.24, 2.45) is 0 Å². The molecular weight excluding hydrogens is 329 g/mol. The molecule has 0 fully saturated rings. The number of rotatable bonds is 2. The number of nitrogens with one attached hydrogen (secondary N) is 2. The molecule has 0 unspecified atom stereocenters. The Bertz CT molecular complexity index is 872. The second-order valence-electron chi connectivity index (χ2n) is 5.16. The van der Waals surface area contributed by atoms with Crippen molar-refractivity contribution in [3.63, 3.8) is 0 Å². The SMILES string of the molecule is CN(C(=N)Nc1cccc2ccccc12)c1cc(Cl)ccc1Cl. The minimum Gasteiger partial charge on any atom is -0.326 e. The van der Waals surface area contributed by atoms with Gasteiger partial charge in [-0.1, -0.05) is 59.6 Å². The maximum absolute atomic E-state index is 8.33. The highest BCUT2D eigenvalue weighted by Crippen LogP contribution is 2.29. The standard InChI is InChI=1S/C18H15Cl2N3/c1-23(17-11-13(19)9-10-15(17)20)18(21)22-16-8-4-6-12-5-2-3-7-14(12)16/h2-11H,1H3,(H2,21,22). The second kappa shape index (κ2) is 6.49. The van der Waals surface area contributed by atoms with Gasteiger partial charge in [-0.05, 0) is 29.7 Å². The van der Waals surface area contributed by atoms with E-state index >= 15 is 0 Å². The van der Waals surface area contributed by atoms with E-state index in [4.69, 9.17) is 28.6 Å². The minimum atomic E-state index is 0.213. The van der Waals surface area contributed by atoms with Crippen LogP contribution in [0, 0.1) is 5.41 Å². The molecule has 0 aliphatic heterocycles. The van der Waals surface area contributed by atoms with Crippen molar-refractivity contribution in [3.05, 3.63) is 70.7 Å². The zero-order valence-corrected chi connectivity index (χ0v) is 14.0. The van der Waals surface area contributed by atoms with Crippen molar-refractivity contribution in [2.45, 2.75) is 0 Å². The Morgan fingerprint density at radius 2 is 1.74 bits per heavy atom. The molecule has 0 saturated heterocycles. The van der Waals surface area contributed by atoms with Gasteiger partial charge in [0.1, 0.15) is 0 Å². The average molecular weight is 344 g/mol. The van der Waals surface area contributed by atoms with Crippen LogP contribution >= 0.6 is 23.2 Å². The molecule has 0 radical (unpaired) electrons. The summed E-state index contributed by atoms with van der Waals surface area (Å²) < 4.78 is 0. The molecule has 0 heterocycles. The van der Waals surface area contributed by atoms with E-state index < -0.39 is 0 Å². The molecule has 0 amide bonds. The summed E-state index contributed by atoms with van der Waals surface area (Å²) in [5.41, 5.74) is 1.55. The Morgan fingerprint density at radius 3 is 2.57 bits per heavy atom. The van der Waals surface area contributed by atoms with Gasteiger partial charge in [0.2, 0.25) is 0 Å². The van der Waals surface area contributed by atoms with Gasteiger partial charge in [-0.15, -0.1) is 0 Å². The molecule has 0 aliphatic carbocycles. The fraction of sp³-hybridized carbons (Fsp3) is 0.0556. The Balaban J connectivity index is 1.90. The summed E-state index contributed by atoms with van der Waals surface area (Å²) in [6.45, 7) is 0. The lowest BCUT2D eigenvalue weighted by atomic mass is 10.1. The van der Waals surface area contributed by atoms with Gasteiger partial charge in [0.15, 0.2) is 5.96 Å². The molecule has 0 saturated carbocycles. The minimum absolute atomic E-state index is 0.213. The summed E-state index contributed by atoms with van der Waals surface area (Å²) in [5, 5.41) is 14.8. The Morgan fingerprint density at radius 1 is 1.00 bits per heavy atom. The lowest BCUT2D eigenvalue weighted by Crippen LogP contribution is -2.32. The first-order chi connectivity index (χ1) is 11.1. The molecule has 0 atom stereocenters. The summed E-state index contributed by atoms with van der Waals surface area (Å²) in [7, 11) is 1.78. The van der Waals surface area contributed by atoms with Crippen molar-refractivity contribution in [2.75, 3.05) is 17.3 Å². The number of benzene rings is 3. The average Bonchev–Trinajstić information content (AvgIpc) is 2.56. The predicted octanol–water partition coefficient (Wildman–Crippen LogP) is 5.63. The monoisotopic (exact) mass is 343 g/mol. The number of guanidine groups is 1. The van der Waals surface area contributed by atoms with Crippen molar-refractivity contribution in [3.8, 4) is 0 Å². The molecule has 3 aromatic carbocycles. The van der Waals surface area contributed by atoms with Gasteiger partial charge in [-0.2, -0.15) is 0 Å². The molecule has 0 spiro atoms. The van der Waals surface area contributed by atoms with E-state index in [0.29, 0.717) is 15.7 Å². The van der Waals surface area contributed by atoms with E-state index in [-0.39, 0.29) is 5.96 Å². The lowest BCUT2D eigenvalue weighted by molar-refractivity contribution is 1.21. The highest BCUT2D eigenvalue weighted by molar-refractivity contribution is 6.36. The molecular formula is C18H15Cl2N3. The highest BCUT2D eigenvalue weighted by atomic mass is 35.5. The number of halogens is 2. The molecule has 3 rings (SSSR count). The van der Waals surface area contributed by atoms with Crippen LogP contribution in [0.5, 0.6) is 0 Å². The van der Waals surface area contributed by atoms with Crippen LogP contribution in [0.15, 0.2) is 60.7 Å². The molecule has 0 aromatic heterocycles. The Hall–Kier alpha value is -2.23. The van der Waals surface area contributed by atoms with Crippen LogP contribution in [0.2, 0.25) is 10.0 Å². The summed E-state index contributed by atoms with van der Waals surface area (Å²) >= 11 is 12.2. The van der Waals surface area contributed by atoms with Gasteiger partial charge in [0.25, 0.3) is 0 Å². The van der Waals surface area contributed by atoms with E-state index in [0.717, 1.165) is 16.5 Å². The van der Waals surface area contributed by atoms with Crippen molar-refractivity contribution in [1.82, 2.24) is 0 Å². The van der Waals surface area contributed by atoms with Crippen molar-refractivity contribution >= 4 is 51.3 Å². The largest absolute Gasteiger partial charge is 0.326 e. The third kappa shape index (κ3) is 3.26. The Kier molecular flexibility index (Phi) is 4.42. The third-order valence-corrected chi connectivity index (χ3v) is 4.20. The highest BCUT2D eigenvalue weighted by Gasteiger charge is 2.12. The first kappa shape index (κ1) is 15.7. The van der Waals surface area contributed by atoms with E-state index in [1.165, 1.54) is 0 Å². The maximum Gasteiger partial charge on any atom is 0.199 e. The van der Waals surface area contributed by atoms with Crippen LogP contribution in [0.3, 0.4) is 0 Å². The van der Waals surface area contributed by atoms with Crippen LogP contribution in [-0.4, -0.2) is 13.0 Å². The normalized spacial score (nSPS) is 10.6. The topological polar surface area (TPSA) is 39.1 Å². The quantitative estimate of drug-likeness (QED) is 0.467. The smallest absolute Gasteiger partial charge is 0.199 e. The van der Waals surface area contributed by atoms with E-state index in [2.05, 4.69) is 5.32 Å². The lowest BCUT2D eigenvalue weighted by Gasteiger charge is -2.23. The molecule has 3 nitrogen and oxygen atoms in total. The molecule has 23 heavy (non-hydrogen) atoms. The van der Waals surface area contributed by atoms with Gasteiger partial charge < -0.3 is 10.2 Å². The van der Waals surface area contributed by atoms with Crippen LogP contribution in [0.4, 0.5) is 11.4 Å². The van der Waals surface area contributed by atoms with E-state index in [1.54, 1.807) is 30.1 Å². The third-order valence-electron chi connectivity index (χ3n) is 3.65. The summed E-state index contributed by atoms with van der Waals surface area (Å²) in [5.74, 6) is 0.213. The summed E-state index contributed by atoms with van der Waals surface area (Å²) in [6, 6.07) is 19.2. The fourth-order valence-electron chi connectivity index (χ4n) is 2.41. The molecule has 116 valence electrons. The van der Waals surface area contributed by atoms with Gasteiger partial charge in [-0.25, -0.2) is 0 Å². The van der Waals surface area contributed by atoms with Crippen molar-refractivity contribution in [1.29, 1.82) is 5.41 Å². The van der Waals surface area contributed by atoms with Crippen LogP contribution in [0.1, 0.15) is 0 Å². The number of anilines is 2. The van der Waals surface area contributed by atoms with E-state index in [1.807, 2.05) is 42.5 Å². The first-order valence-electron chi connectivity index (χ1n) is 7.08. The molecule has 0 aliphatic rings. The second-order valence-corrected chi connectivity index (χ2v) is 6.00.